The first-order valence-electron chi connectivity index (χ1n) is 9.05. The second-order valence-corrected chi connectivity index (χ2v) is 8.12. The molecule has 31 heavy (non-hydrogen) atoms. The van der Waals surface area contributed by atoms with E-state index in [0.29, 0.717) is 9.69 Å². The zero-order chi connectivity index (χ0) is 22.3. The lowest BCUT2D eigenvalue weighted by Crippen LogP contribution is -2.21. The van der Waals surface area contributed by atoms with Gasteiger partial charge in [0.15, 0.2) is 5.69 Å². The summed E-state index contributed by atoms with van der Waals surface area (Å²) in [6, 6.07) is 4.17. The van der Waals surface area contributed by atoms with Gasteiger partial charge >= 0.3 is 6.18 Å². The third kappa shape index (κ3) is 3.98. The third-order valence-electron chi connectivity index (χ3n) is 4.57. The average molecular weight is 471 g/mol. The molecule has 1 atom stereocenters. The number of hydrogen-bond acceptors (Lipinski definition) is 4. The van der Waals surface area contributed by atoms with E-state index in [-0.39, 0.29) is 39.5 Å². The van der Waals surface area contributed by atoms with Gasteiger partial charge in [0, 0.05) is 40.0 Å². The van der Waals surface area contributed by atoms with Crippen molar-refractivity contribution in [3.63, 3.8) is 0 Å². The number of nitrogens with one attached hydrogen (secondary N) is 1. The number of rotatable bonds is 5. The molecule has 0 aliphatic heterocycles. The summed E-state index contributed by atoms with van der Waals surface area (Å²) in [5, 5.41) is 15.6. The zero-order valence-electron chi connectivity index (χ0n) is 15.9. The molecule has 0 spiro atoms. The summed E-state index contributed by atoms with van der Waals surface area (Å²) in [6.45, 7) is 1.03. The molecule has 2 N–H and O–H groups in total. The van der Waals surface area contributed by atoms with E-state index in [4.69, 9.17) is 11.6 Å². The van der Waals surface area contributed by atoms with Gasteiger partial charge in [-0.3, -0.25) is 4.68 Å². The molecule has 0 aliphatic carbocycles. The van der Waals surface area contributed by atoms with Crippen molar-refractivity contribution in [2.75, 3.05) is 0 Å². The van der Waals surface area contributed by atoms with Gasteiger partial charge in [-0.05, 0) is 19.1 Å². The number of benzene rings is 1. The minimum absolute atomic E-state index is 0.0572. The van der Waals surface area contributed by atoms with Gasteiger partial charge in [-0.2, -0.15) is 18.3 Å². The summed E-state index contributed by atoms with van der Waals surface area (Å²) < 4.78 is 57.2. The first-order chi connectivity index (χ1) is 14.7. The summed E-state index contributed by atoms with van der Waals surface area (Å²) in [5.74, 6) is -0.614. The van der Waals surface area contributed by atoms with Crippen molar-refractivity contribution >= 4 is 22.9 Å². The fraction of sp³-hybridized carbons (Fsp3) is 0.200. The van der Waals surface area contributed by atoms with Gasteiger partial charge in [0.1, 0.15) is 10.8 Å². The summed E-state index contributed by atoms with van der Waals surface area (Å²) in [6.07, 6.45) is -1.81. The third-order valence-corrected chi connectivity index (χ3v) is 5.68. The van der Waals surface area contributed by atoms with Crippen LogP contribution in [0.1, 0.15) is 12.6 Å². The fourth-order valence-corrected chi connectivity index (χ4v) is 4.38. The van der Waals surface area contributed by atoms with E-state index in [1.165, 1.54) is 48.9 Å². The number of aromatic nitrogens is 4. The van der Waals surface area contributed by atoms with Crippen molar-refractivity contribution in [3.8, 4) is 33.0 Å². The maximum absolute atomic E-state index is 14.6. The Morgan fingerprint density at radius 2 is 2.03 bits per heavy atom. The van der Waals surface area contributed by atoms with Crippen molar-refractivity contribution in [2.24, 2.45) is 0 Å². The molecule has 1 aromatic carbocycles. The molecule has 0 saturated carbocycles. The minimum atomic E-state index is -4.75. The van der Waals surface area contributed by atoms with Crippen LogP contribution in [0.25, 0.3) is 33.0 Å². The van der Waals surface area contributed by atoms with Crippen LogP contribution in [0.2, 0.25) is 5.02 Å². The molecule has 3 heterocycles. The van der Waals surface area contributed by atoms with Gasteiger partial charge in [0.05, 0.1) is 29.6 Å². The van der Waals surface area contributed by atoms with E-state index < -0.39 is 23.8 Å². The van der Waals surface area contributed by atoms with Gasteiger partial charge in [0.25, 0.3) is 0 Å². The van der Waals surface area contributed by atoms with Crippen molar-refractivity contribution in [1.82, 2.24) is 19.7 Å². The van der Waals surface area contributed by atoms with Crippen molar-refractivity contribution < 1.29 is 22.7 Å². The highest BCUT2D eigenvalue weighted by atomic mass is 35.5. The van der Waals surface area contributed by atoms with Crippen LogP contribution < -0.4 is 0 Å². The van der Waals surface area contributed by atoms with Gasteiger partial charge in [-0.1, -0.05) is 17.7 Å². The Morgan fingerprint density at radius 1 is 1.26 bits per heavy atom. The van der Waals surface area contributed by atoms with Crippen LogP contribution >= 0.6 is 22.9 Å². The molecule has 0 bridgehead atoms. The van der Waals surface area contributed by atoms with Gasteiger partial charge < -0.3 is 10.1 Å². The van der Waals surface area contributed by atoms with Crippen LogP contribution in [-0.2, 0) is 12.7 Å². The maximum atomic E-state index is 14.6. The standard InChI is InChI=1S/C20H15ClF4N4OS/c1-10(30)9-29-18(20(23,24)25)12(8-28-29)17-16(19-26-5-6-31-19)11(7-27-17)15-13(21)3-2-4-14(15)22/h2-8,10,27,30H,9H2,1H3/t10-/m0/s1. The Morgan fingerprint density at radius 3 is 2.65 bits per heavy atom. The van der Waals surface area contributed by atoms with Crippen molar-refractivity contribution in [3.05, 3.63) is 58.7 Å². The molecule has 4 rings (SSSR count). The number of hydrogen-bond donors (Lipinski definition) is 2. The number of nitrogens with zero attached hydrogens (tertiary/aromatic N) is 3. The normalized spacial score (nSPS) is 13.0. The van der Waals surface area contributed by atoms with E-state index in [1.807, 2.05) is 0 Å². The zero-order valence-corrected chi connectivity index (χ0v) is 17.5. The number of aliphatic hydroxyl groups excluding tert-OH is 1. The molecule has 11 heteroatoms. The van der Waals surface area contributed by atoms with E-state index in [2.05, 4.69) is 15.1 Å². The van der Waals surface area contributed by atoms with Crippen LogP contribution in [0.4, 0.5) is 17.6 Å². The molecule has 0 saturated heterocycles. The van der Waals surface area contributed by atoms with Gasteiger partial charge in [-0.25, -0.2) is 9.37 Å². The van der Waals surface area contributed by atoms with E-state index in [1.54, 1.807) is 5.38 Å². The second kappa shape index (κ2) is 8.10. The lowest BCUT2D eigenvalue weighted by molar-refractivity contribution is -0.144. The molecule has 0 aliphatic rings. The highest BCUT2D eigenvalue weighted by molar-refractivity contribution is 7.13. The Hall–Kier alpha value is -2.69. The lowest BCUT2D eigenvalue weighted by Gasteiger charge is -2.14. The Bertz CT molecular complexity index is 1190. The summed E-state index contributed by atoms with van der Waals surface area (Å²) in [7, 11) is 0. The van der Waals surface area contributed by atoms with E-state index in [9.17, 15) is 22.7 Å². The Kier molecular flexibility index (Phi) is 5.63. The molecule has 162 valence electrons. The van der Waals surface area contributed by atoms with E-state index in [0.717, 1.165) is 6.20 Å². The predicted octanol–water partition coefficient (Wildman–Crippen LogP) is 5.86. The van der Waals surface area contributed by atoms with Crippen LogP contribution in [0, 0.1) is 5.82 Å². The molecule has 0 fully saturated rings. The van der Waals surface area contributed by atoms with Crippen molar-refractivity contribution in [1.29, 1.82) is 0 Å². The summed E-state index contributed by atoms with van der Waals surface area (Å²) in [4.78, 5) is 7.06. The molecular formula is C20H15ClF4N4OS. The maximum Gasteiger partial charge on any atom is 0.433 e. The van der Waals surface area contributed by atoms with Gasteiger partial charge in [0.2, 0.25) is 0 Å². The quantitative estimate of drug-likeness (QED) is 0.359. The predicted molar refractivity (Wildman–Crippen MR) is 110 cm³/mol. The summed E-state index contributed by atoms with van der Waals surface area (Å²) in [5.41, 5.74) is -0.569. The number of thiazole rings is 1. The van der Waals surface area contributed by atoms with Crippen LogP contribution in [-0.4, -0.2) is 31.0 Å². The molecule has 3 aromatic heterocycles. The smallest absolute Gasteiger partial charge is 0.391 e. The van der Waals surface area contributed by atoms with Crippen LogP contribution in [0.5, 0.6) is 0 Å². The molecular weight excluding hydrogens is 456 g/mol. The largest absolute Gasteiger partial charge is 0.433 e. The average Bonchev–Trinajstić information content (AvgIpc) is 3.38. The highest BCUT2D eigenvalue weighted by Crippen LogP contribution is 2.46. The number of H-pyrrole nitrogens is 1. The molecule has 0 radical (unpaired) electrons. The molecule has 4 aromatic rings. The second-order valence-electron chi connectivity index (χ2n) is 6.82. The Labute approximate surface area is 182 Å². The first-order valence-corrected chi connectivity index (χ1v) is 10.3. The van der Waals surface area contributed by atoms with Crippen LogP contribution in [0.15, 0.2) is 42.2 Å². The fourth-order valence-electron chi connectivity index (χ4n) is 3.41. The van der Waals surface area contributed by atoms with Crippen molar-refractivity contribution in [2.45, 2.75) is 25.7 Å². The summed E-state index contributed by atoms with van der Waals surface area (Å²) >= 11 is 7.42. The number of aliphatic hydroxyl groups is 1. The highest BCUT2D eigenvalue weighted by Gasteiger charge is 2.40. The lowest BCUT2D eigenvalue weighted by atomic mass is 9.99. The number of aromatic amines is 1. The molecule has 5 nitrogen and oxygen atoms in total. The van der Waals surface area contributed by atoms with Crippen LogP contribution in [0.3, 0.4) is 0 Å². The molecule has 0 unspecified atom stereocenters. The molecule has 0 amide bonds. The monoisotopic (exact) mass is 470 g/mol. The number of alkyl halides is 3. The topological polar surface area (TPSA) is 66.7 Å². The SMILES string of the molecule is C[C@H](O)Cn1ncc(-c2[nH]cc(-c3c(F)cccc3Cl)c2-c2nccs2)c1C(F)(F)F. The minimum Gasteiger partial charge on any atom is -0.391 e. The van der Waals surface area contributed by atoms with Gasteiger partial charge in [-0.15, -0.1) is 11.3 Å². The van der Waals surface area contributed by atoms with E-state index >= 15 is 0 Å². The first kappa shape index (κ1) is 21.5. The number of halogens is 5. The Balaban J connectivity index is 2.00.